The lowest BCUT2D eigenvalue weighted by Gasteiger charge is -2.22. The first-order valence-electron chi connectivity index (χ1n) is 7.07. The smallest absolute Gasteiger partial charge is 0.255 e. The van der Waals surface area contributed by atoms with Crippen molar-refractivity contribution in [2.75, 3.05) is 45.6 Å². The molecule has 1 aromatic carbocycles. The minimum Gasteiger partial charge on any atom is -0.385 e. The molecule has 1 heterocycles. The molecule has 0 bridgehead atoms. The summed E-state index contributed by atoms with van der Waals surface area (Å²) < 4.78 is 13.7. The van der Waals surface area contributed by atoms with E-state index in [9.17, 15) is 9.18 Å². The first-order chi connectivity index (χ1) is 9.63. The summed E-state index contributed by atoms with van der Waals surface area (Å²) in [4.78, 5) is 16.4. The number of amides is 1. The zero-order chi connectivity index (χ0) is 14.5. The van der Waals surface area contributed by atoms with Crippen LogP contribution in [0.2, 0.25) is 0 Å². The van der Waals surface area contributed by atoms with Gasteiger partial charge in [0, 0.05) is 27.2 Å². The minimum absolute atomic E-state index is 0.145. The lowest BCUT2D eigenvalue weighted by molar-refractivity contribution is 0.0783. The highest BCUT2D eigenvalue weighted by molar-refractivity contribution is 5.99. The number of hydrogen-bond acceptors (Lipinski definition) is 3. The number of anilines is 1. The Bertz CT molecular complexity index is 472. The molecular weight excluding hydrogens is 257 g/mol. The van der Waals surface area contributed by atoms with E-state index in [-0.39, 0.29) is 11.6 Å². The second-order valence-corrected chi connectivity index (χ2v) is 5.19. The first-order valence-corrected chi connectivity index (χ1v) is 7.07. The molecule has 0 aromatic heterocycles. The van der Waals surface area contributed by atoms with Gasteiger partial charge in [-0.1, -0.05) is 6.07 Å². The van der Waals surface area contributed by atoms with Crippen LogP contribution in [-0.2, 0) is 0 Å². The molecule has 0 aliphatic carbocycles. The van der Waals surface area contributed by atoms with Crippen molar-refractivity contribution >= 4 is 11.6 Å². The summed E-state index contributed by atoms with van der Waals surface area (Å²) in [5, 5.41) is 2.76. The van der Waals surface area contributed by atoms with Crippen LogP contribution in [0.5, 0.6) is 0 Å². The lowest BCUT2D eigenvalue weighted by atomic mass is 10.1. The van der Waals surface area contributed by atoms with Crippen LogP contribution in [0.4, 0.5) is 10.1 Å². The van der Waals surface area contributed by atoms with Gasteiger partial charge in [-0.15, -0.1) is 0 Å². The van der Waals surface area contributed by atoms with Gasteiger partial charge in [0.25, 0.3) is 5.91 Å². The average Bonchev–Trinajstić information content (AvgIpc) is 2.97. The quantitative estimate of drug-likeness (QED) is 0.896. The van der Waals surface area contributed by atoms with Gasteiger partial charge >= 0.3 is 0 Å². The van der Waals surface area contributed by atoms with Crippen molar-refractivity contribution in [3.63, 3.8) is 0 Å². The third-order valence-corrected chi connectivity index (χ3v) is 3.79. The number of hydrogen-bond donors (Lipinski definition) is 1. The van der Waals surface area contributed by atoms with Crippen molar-refractivity contribution in [1.82, 2.24) is 9.80 Å². The lowest BCUT2D eigenvalue weighted by Crippen LogP contribution is -2.35. The van der Waals surface area contributed by atoms with Crippen molar-refractivity contribution in [3.05, 3.63) is 29.6 Å². The Morgan fingerprint density at radius 3 is 2.75 bits per heavy atom. The molecule has 0 saturated carbocycles. The summed E-state index contributed by atoms with van der Waals surface area (Å²) in [6.45, 7) is 3.78. The number of nitrogens with zero attached hydrogens (tertiary/aromatic N) is 2. The fourth-order valence-corrected chi connectivity index (χ4v) is 2.56. The van der Waals surface area contributed by atoms with Crippen molar-refractivity contribution in [3.8, 4) is 0 Å². The Morgan fingerprint density at radius 2 is 2.10 bits per heavy atom. The highest BCUT2D eigenvalue weighted by Gasteiger charge is 2.19. The number of rotatable bonds is 5. The number of carbonyl (C=O) groups is 1. The summed E-state index contributed by atoms with van der Waals surface area (Å²) in [5.74, 6) is -0.542. The highest BCUT2D eigenvalue weighted by atomic mass is 19.1. The first kappa shape index (κ1) is 14.8. The van der Waals surface area contributed by atoms with Crippen LogP contribution in [0.3, 0.4) is 0 Å². The number of nitrogens with one attached hydrogen (secondary N) is 1. The molecule has 0 radical (unpaired) electrons. The minimum atomic E-state index is -0.397. The summed E-state index contributed by atoms with van der Waals surface area (Å²) in [7, 11) is 3.39. The van der Waals surface area contributed by atoms with Gasteiger partial charge in [0.05, 0.1) is 11.3 Å². The molecule has 1 N–H and O–H groups in total. The van der Waals surface area contributed by atoms with Crippen LogP contribution < -0.4 is 5.32 Å². The summed E-state index contributed by atoms with van der Waals surface area (Å²) in [6.07, 6.45) is 2.48. The monoisotopic (exact) mass is 279 g/mol. The van der Waals surface area contributed by atoms with Crippen LogP contribution in [0.25, 0.3) is 0 Å². The fraction of sp³-hybridized carbons (Fsp3) is 0.533. The Labute approximate surface area is 119 Å². The van der Waals surface area contributed by atoms with E-state index in [1.54, 1.807) is 31.1 Å². The van der Waals surface area contributed by atoms with Gasteiger partial charge in [-0.05, 0) is 38.1 Å². The fourth-order valence-electron chi connectivity index (χ4n) is 2.56. The van der Waals surface area contributed by atoms with Gasteiger partial charge in [-0.25, -0.2) is 4.39 Å². The molecule has 1 amide bonds. The van der Waals surface area contributed by atoms with Gasteiger partial charge in [-0.2, -0.15) is 0 Å². The molecule has 20 heavy (non-hydrogen) atoms. The SMILES string of the molecule is CNc1c(F)cccc1C(=O)N(C)CCN1CCCC1. The number of halogens is 1. The van der Waals surface area contributed by atoms with Crippen molar-refractivity contribution in [2.24, 2.45) is 0 Å². The molecule has 110 valence electrons. The summed E-state index contributed by atoms with van der Waals surface area (Å²) >= 11 is 0. The molecule has 1 aliphatic rings. The van der Waals surface area contributed by atoms with Crippen molar-refractivity contribution in [2.45, 2.75) is 12.8 Å². The maximum Gasteiger partial charge on any atom is 0.255 e. The Morgan fingerprint density at radius 1 is 1.40 bits per heavy atom. The molecule has 0 spiro atoms. The predicted molar refractivity (Wildman–Crippen MR) is 78.6 cm³/mol. The maximum absolute atomic E-state index is 13.7. The molecule has 1 saturated heterocycles. The Kier molecular flexibility index (Phi) is 4.95. The normalized spacial score (nSPS) is 15.3. The maximum atomic E-state index is 13.7. The van der Waals surface area contributed by atoms with Crippen LogP contribution in [0, 0.1) is 5.82 Å². The molecule has 0 unspecified atom stereocenters. The largest absolute Gasteiger partial charge is 0.385 e. The van der Waals surface area contributed by atoms with Crippen LogP contribution in [0.1, 0.15) is 23.2 Å². The topological polar surface area (TPSA) is 35.6 Å². The van der Waals surface area contributed by atoms with E-state index in [4.69, 9.17) is 0 Å². The second kappa shape index (κ2) is 6.70. The standard InChI is InChI=1S/C15H22FN3O/c1-17-14-12(6-5-7-13(14)16)15(20)18(2)10-11-19-8-3-4-9-19/h5-7,17H,3-4,8-11H2,1-2H3. The number of carbonyl (C=O) groups excluding carboxylic acids is 1. The van der Waals surface area contributed by atoms with E-state index in [0.29, 0.717) is 12.1 Å². The van der Waals surface area contributed by atoms with Crippen LogP contribution in [0.15, 0.2) is 18.2 Å². The predicted octanol–water partition coefficient (Wildman–Crippen LogP) is 2.04. The molecule has 1 fully saturated rings. The van der Waals surface area contributed by atoms with Crippen molar-refractivity contribution in [1.29, 1.82) is 0 Å². The summed E-state index contributed by atoms with van der Waals surface area (Å²) in [6, 6.07) is 4.58. The Hall–Kier alpha value is -1.62. The number of para-hydroxylation sites is 1. The zero-order valence-corrected chi connectivity index (χ0v) is 12.2. The van der Waals surface area contributed by atoms with Crippen LogP contribution >= 0.6 is 0 Å². The summed E-state index contributed by atoms with van der Waals surface area (Å²) in [5.41, 5.74) is 0.655. The zero-order valence-electron chi connectivity index (χ0n) is 12.2. The van der Waals surface area contributed by atoms with Gasteiger partial charge in [0.2, 0.25) is 0 Å². The van der Waals surface area contributed by atoms with Gasteiger partial charge in [-0.3, -0.25) is 4.79 Å². The number of likely N-dealkylation sites (tertiary alicyclic amines) is 1. The van der Waals surface area contributed by atoms with E-state index in [1.807, 2.05) is 0 Å². The molecule has 1 aliphatic heterocycles. The molecule has 0 atom stereocenters. The molecule has 1 aromatic rings. The van der Waals surface area contributed by atoms with Gasteiger partial charge in [0.15, 0.2) is 0 Å². The molecule has 2 rings (SSSR count). The second-order valence-electron chi connectivity index (χ2n) is 5.19. The average molecular weight is 279 g/mol. The third-order valence-electron chi connectivity index (χ3n) is 3.79. The van der Waals surface area contributed by atoms with Gasteiger partial charge < -0.3 is 15.1 Å². The number of benzene rings is 1. The molecule has 5 heteroatoms. The Balaban J connectivity index is 2.00. The van der Waals surface area contributed by atoms with Crippen LogP contribution in [-0.4, -0.2) is 56.0 Å². The van der Waals surface area contributed by atoms with E-state index >= 15 is 0 Å². The highest BCUT2D eigenvalue weighted by Crippen LogP contribution is 2.20. The van der Waals surface area contributed by atoms with E-state index in [1.165, 1.54) is 18.9 Å². The molecular formula is C15H22FN3O. The van der Waals surface area contributed by atoms with E-state index in [2.05, 4.69) is 10.2 Å². The van der Waals surface area contributed by atoms with E-state index < -0.39 is 5.82 Å². The molecule has 4 nitrogen and oxygen atoms in total. The van der Waals surface area contributed by atoms with Gasteiger partial charge in [0.1, 0.15) is 5.82 Å². The van der Waals surface area contributed by atoms with E-state index in [0.717, 1.165) is 19.6 Å². The number of likely N-dealkylation sites (N-methyl/N-ethyl adjacent to an activating group) is 1. The third kappa shape index (κ3) is 3.28. The van der Waals surface area contributed by atoms with Crippen molar-refractivity contribution < 1.29 is 9.18 Å².